The second kappa shape index (κ2) is 8.26. The molecular formula is C19H19F2N3O4S. The maximum Gasteiger partial charge on any atom is 0.240 e. The number of carbonyl (C=O) groups is 2. The second-order valence-corrected chi connectivity index (χ2v) is 8.30. The molecule has 0 spiro atoms. The number of rotatable bonds is 6. The molecule has 0 aliphatic carbocycles. The molecule has 0 unspecified atom stereocenters. The van der Waals surface area contributed by atoms with Gasteiger partial charge < -0.3 is 10.2 Å². The van der Waals surface area contributed by atoms with E-state index in [1.807, 2.05) is 0 Å². The van der Waals surface area contributed by atoms with E-state index in [2.05, 4.69) is 10.0 Å². The number of nitrogens with one attached hydrogen (secondary N) is 2. The Morgan fingerprint density at radius 3 is 2.55 bits per heavy atom. The van der Waals surface area contributed by atoms with Crippen molar-refractivity contribution in [1.82, 2.24) is 4.72 Å². The van der Waals surface area contributed by atoms with Crippen molar-refractivity contribution in [2.24, 2.45) is 0 Å². The first-order valence-electron chi connectivity index (χ1n) is 8.83. The van der Waals surface area contributed by atoms with Gasteiger partial charge in [0, 0.05) is 43.9 Å². The van der Waals surface area contributed by atoms with Gasteiger partial charge in [-0.2, -0.15) is 0 Å². The molecule has 0 fully saturated rings. The summed E-state index contributed by atoms with van der Waals surface area (Å²) >= 11 is 0. The van der Waals surface area contributed by atoms with Gasteiger partial charge in [-0.3, -0.25) is 9.59 Å². The van der Waals surface area contributed by atoms with E-state index in [-0.39, 0.29) is 29.5 Å². The fraction of sp³-hybridized carbons (Fsp3) is 0.263. The van der Waals surface area contributed by atoms with Crippen LogP contribution in [-0.2, 0) is 26.0 Å². The van der Waals surface area contributed by atoms with Crippen LogP contribution in [-0.4, -0.2) is 33.3 Å². The van der Waals surface area contributed by atoms with Gasteiger partial charge in [-0.15, -0.1) is 0 Å². The van der Waals surface area contributed by atoms with Crippen LogP contribution in [0.4, 0.5) is 20.2 Å². The Labute approximate surface area is 166 Å². The molecule has 0 bridgehead atoms. The van der Waals surface area contributed by atoms with Crippen LogP contribution in [0, 0.1) is 11.6 Å². The minimum atomic E-state index is -3.84. The molecule has 10 heteroatoms. The minimum Gasteiger partial charge on any atom is -0.326 e. The van der Waals surface area contributed by atoms with Crippen molar-refractivity contribution >= 4 is 33.2 Å². The van der Waals surface area contributed by atoms with E-state index in [9.17, 15) is 26.8 Å². The number of carbonyl (C=O) groups excluding carboxylic acids is 2. The van der Waals surface area contributed by atoms with Crippen molar-refractivity contribution in [1.29, 1.82) is 0 Å². The van der Waals surface area contributed by atoms with Crippen LogP contribution in [0.15, 0.2) is 41.3 Å². The Kier molecular flexibility index (Phi) is 5.94. The summed E-state index contributed by atoms with van der Waals surface area (Å²) in [5.74, 6) is -2.78. The van der Waals surface area contributed by atoms with Gasteiger partial charge in [0.25, 0.3) is 0 Å². The summed E-state index contributed by atoms with van der Waals surface area (Å²) in [6, 6.07) is 7.44. The number of hydrogen-bond acceptors (Lipinski definition) is 4. The second-order valence-electron chi connectivity index (χ2n) is 6.54. The molecule has 0 saturated carbocycles. The van der Waals surface area contributed by atoms with Crippen LogP contribution >= 0.6 is 0 Å². The Morgan fingerprint density at radius 1 is 1.10 bits per heavy atom. The molecular weight excluding hydrogens is 404 g/mol. The van der Waals surface area contributed by atoms with Crippen LogP contribution in [0.3, 0.4) is 0 Å². The van der Waals surface area contributed by atoms with E-state index >= 15 is 0 Å². The summed E-state index contributed by atoms with van der Waals surface area (Å²) in [4.78, 5) is 25.1. The molecule has 2 aromatic carbocycles. The fourth-order valence-corrected chi connectivity index (χ4v) is 4.13. The zero-order chi connectivity index (χ0) is 21.2. The Morgan fingerprint density at radius 2 is 1.86 bits per heavy atom. The minimum absolute atomic E-state index is 0.0441. The standard InChI is InChI=1S/C19H19F2N3O4S/c1-12(25)24-9-7-13-10-15(3-5-18(13)24)29(27,28)22-8-6-19(26)23-14-2-4-16(20)17(21)11-14/h2-5,10-11,22H,6-9H2,1H3,(H,23,26). The molecule has 7 nitrogen and oxygen atoms in total. The zero-order valence-electron chi connectivity index (χ0n) is 15.5. The molecule has 0 radical (unpaired) electrons. The number of hydrogen-bond donors (Lipinski definition) is 2. The van der Waals surface area contributed by atoms with E-state index in [1.165, 1.54) is 25.1 Å². The average molecular weight is 423 g/mol. The Hall–Kier alpha value is -2.85. The van der Waals surface area contributed by atoms with E-state index in [4.69, 9.17) is 0 Å². The number of benzene rings is 2. The van der Waals surface area contributed by atoms with Crippen molar-refractivity contribution in [3.63, 3.8) is 0 Å². The number of amides is 2. The fourth-order valence-electron chi connectivity index (χ4n) is 3.05. The normalized spacial score (nSPS) is 13.3. The summed E-state index contributed by atoms with van der Waals surface area (Å²) in [6.45, 7) is 1.78. The number of halogens is 2. The predicted octanol–water partition coefficient (Wildman–Crippen LogP) is 2.18. The molecule has 0 aromatic heterocycles. The van der Waals surface area contributed by atoms with E-state index in [0.717, 1.165) is 17.7 Å². The molecule has 1 aliphatic heterocycles. The van der Waals surface area contributed by atoms with Crippen molar-refractivity contribution in [2.75, 3.05) is 23.3 Å². The number of anilines is 2. The first-order valence-corrected chi connectivity index (χ1v) is 10.3. The summed E-state index contributed by atoms with van der Waals surface area (Å²) in [5.41, 5.74) is 1.53. The van der Waals surface area contributed by atoms with Gasteiger partial charge in [-0.1, -0.05) is 0 Å². The SMILES string of the molecule is CC(=O)N1CCc2cc(S(=O)(=O)NCCC(=O)Nc3ccc(F)c(F)c3)ccc21. The highest BCUT2D eigenvalue weighted by Crippen LogP contribution is 2.30. The molecule has 0 saturated heterocycles. The summed E-state index contributed by atoms with van der Waals surface area (Å²) in [5, 5.41) is 2.37. The van der Waals surface area contributed by atoms with Gasteiger partial charge in [0.2, 0.25) is 21.8 Å². The highest BCUT2D eigenvalue weighted by molar-refractivity contribution is 7.89. The van der Waals surface area contributed by atoms with Gasteiger partial charge in [-0.25, -0.2) is 21.9 Å². The van der Waals surface area contributed by atoms with Gasteiger partial charge in [0.1, 0.15) is 0 Å². The van der Waals surface area contributed by atoms with Crippen LogP contribution in [0.25, 0.3) is 0 Å². The maximum atomic E-state index is 13.1. The van der Waals surface area contributed by atoms with E-state index in [0.29, 0.717) is 18.7 Å². The first-order chi connectivity index (χ1) is 13.7. The van der Waals surface area contributed by atoms with E-state index < -0.39 is 27.6 Å². The molecule has 1 heterocycles. The van der Waals surface area contributed by atoms with Gasteiger partial charge in [0.15, 0.2) is 11.6 Å². The number of nitrogens with zero attached hydrogens (tertiary/aromatic N) is 1. The molecule has 29 heavy (non-hydrogen) atoms. The number of sulfonamides is 1. The summed E-state index contributed by atoms with van der Waals surface area (Å²) in [7, 11) is -3.84. The molecule has 1 aliphatic rings. The molecule has 0 atom stereocenters. The van der Waals surface area contributed by atoms with Crippen LogP contribution < -0.4 is 14.9 Å². The lowest BCUT2D eigenvalue weighted by Gasteiger charge is -2.15. The largest absolute Gasteiger partial charge is 0.326 e. The van der Waals surface area contributed by atoms with Crippen molar-refractivity contribution in [3.05, 3.63) is 53.6 Å². The Balaban J connectivity index is 1.58. The quantitative estimate of drug-likeness (QED) is 0.745. The third kappa shape index (κ3) is 4.77. The third-order valence-electron chi connectivity index (χ3n) is 4.48. The summed E-state index contributed by atoms with van der Waals surface area (Å²) in [6.07, 6.45) is 0.371. The van der Waals surface area contributed by atoms with Crippen LogP contribution in [0.1, 0.15) is 18.9 Å². The molecule has 2 N–H and O–H groups in total. The predicted molar refractivity (Wildman–Crippen MR) is 103 cm³/mol. The lowest BCUT2D eigenvalue weighted by atomic mass is 10.2. The van der Waals surface area contributed by atoms with Gasteiger partial charge in [0.05, 0.1) is 4.90 Å². The van der Waals surface area contributed by atoms with Gasteiger partial charge >= 0.3 is 0 Å². The molecule has 3 rings (SSSR count). The topological polar surface area (TPSA) is 95.6 Å². The highest BCUT2D eigenvalue weighted by Gasteiger charge is 2.24. The highest BCUT2D eigenvalue weighted by atomic mass is 32.2. The third-order valence-corrected chi connectivity index (χ3v) is 5.94. The van der Waals surface area contributed by atoms with Crippen LogP contribution in [0.5, 0.6) is 0 Å². The lowest BCUT2D eigenvalue weighted by Crippen LogP contribution is -2.28. The first kappa shape index (κ1) is 20.9. The van der Waals surface area contributed by atoms with Crippen LogP contribution in [0.2, 0.25) is 0 Å². The Bertz CT molecular complexity index is 1070. The molecule has 2 aromatic rings. The summed E-state index contributed by atoms with van der Waals surface area (Å²) < 4.78 is 53.3. The van der Waals surface area contributed by atoms with E-state index in [1.54, 1.807) is 11.0 Å². The van der Waals surface area contributed by atoms with Crippen molar-refractivity contribution < 1.29 is 26.8 Å². The molecule has 154 valence electrons. The maximum absolute atomic E-state index is 13.1. The molecule has 2 amide bonds. The number of fused-ring (bicyclic) bond motifs is 1. The smallest absolute Gasteiger partial charge is 0.240 e. The van der Waals surface area contributed by atoms with Crippen molar-refractivity contribution in [2.45, 2.75) is 24.7 Å². The average Bonchev–Trinajstić information content (AvgIpc) is 3.08. The monoisotopic (exact) mass is 423 g/mol. The zero-order valence-corrected chi connectivity index (χ0v) is 16.4. The lowest BCUT2D eigenvalue weighted by molar-refractivity contribution is -0.117. The van der Waals surface area contributed by atoms with Gasteiger partial charge in [-0.05, 0) is 42.3 Å². The van der Waals surface area contributed by atoms with Crippen molar-refractivity contribution in [3.8, 4) is 0 Å².